The molecular formula is C15H28N2O3. The van der Waals surface area contributed by atoms with E-state index in [0.29, 0.717) is 38.4 Å². The number of hydrogen-bond acceptors (Lipinski definition) is 3. The summed E-state index contributed by atoms with van der Waals surface area (Å²) < 4.78 is 0. The summed E-state index contributed by atoms with van der Waals surface area (Å²) in [6.07, 6.45) is 3.35. The van der Waals surface area contributed by atoms with Gasteiger partial charge in [-0.05, 0) is 32.2 Å². The zero-order chi connectivity index (χ0) is 15.2. The predicted molar refractivity (Wildman–Crippen MR) is 78.5 cm³/mol. The van der Waals surface area contributed by atoms with Gasteiger partial charge in [-0.1, -0.05) is 20.8 Å². The molecule has 116 valence electrons. The lowest BCUT2D eigenvalue weighted by molar-refractivity contribution is -0.155. The number of nitrogens with zero attached hydrogens (tertiary/aromatic N) is 1. The van der Waals surface area contributed by atoms with Crippen LogP contribution in [-0.4, -0.2) is 47.6 Å². The molecule has 0 bridgehead atoms. The van der Waals surface area contributed by atoms with Gasteiger partial charge in [-0.25, -0.2) is 0 Å². The summed E-state index contributed by atoms with van der Waals surface area (Å²) in [4.78, 5) is 25.4. The van der Waals surface area contributed by atoms with Crippen molar-refractivity contribution in [3.05, 3.63) is 0 Å². The molecule has 1 saturated heterocycles. The highest BCUT2D eigenvalue weighted by Crippen LogP contribution is 2.33. The monoisotopic (exact) mass is 284 g/mol. The van der Waals surface area contributed by atoms with Crippen LogP contribution in [0.25, 0.3) is 0 Å². The number of carbonyl (C=O) groups excluding carboxylic acids is 1. The Morgan fingerprint density at radius 2 is 2.10 bits per heavy atom. The number of aliphatic carboxylic acids is 1. The molecule has 1 heterocycles. The minimum Gasteiger partial charge on any atom is -0.481 e. The van der Waals surface area contributed by atoms with E-state index in [9.17, 15) is 14.7 Å². The van der Waals surface area contributed by atoms with Gasteiger partial charge >= 0.3 is 5.97 Å². The highest BCUT2D eigenvalue weighted by Gasteiger charge is 2.41. The van der Waals surface area contributed by atoms with Crippen molar-refractivity contribution >= 4 is 11.9 Å². The quantitative estimate of drug-likeness (QED) is 0.700. The maximum absolute atomic E-state index is 12.2. The summed E-state index contributed by atoms with van der Waals surface area (Å²) in [5.74, 6) is -0.673. The molecule has 1 aliphatic rings. The molecule has 0 spiro atoms. The Kier molecular flexibility index (Phi) is 6.46. The SMILES string of the molecule is CCC1(C(=O)O)CCCN(C(=O)CCCNC(C)C)C1. The molecule has 1 amide bonds. The molecule has 2 N–H and O–H groups in total. The first-order valence-electron chi connectivity index (χ1n) is 7.66. The van der Waals surface area contributed by atoms with Gasteiger partial charge in [-0.2, -0.15) is 0 Å². The van der Waals surface area contributed by atoms with Crippen LogP contribution in [0.1, 0.15) is 52.9 Å². The maximum atomic E-state index is 12.2. The Balaban J connectivity index is 2.46. The van der Waals surface area contributed by atoms with Gasteiger partial charge in [0.1, 0.15) is 0 Å². The van der Waals surface area contributed by atoms with Gasteiger partial charge in [-0.3, -0.25) is 9.59 Å². The molecule has 5 nitrogen and oxygen atoms in total. The third-order valence-electron chi connectivity index (χ3n) is 4.18. The molecular weight excluding hydrogens is 256 g/mol. The number of carboxylic acid groups (broad SMARTS) is 1. The summed E-state index contributed by atoms with van der Waals surface area (Å²) in [6, 6.07) is 0.430. The van der Waals surface area contributed by atoms with E-state index in [4.69, 9.17) is 0 Å². The number of likely N-dealkylation sites (tertiary alicyclic amines) is 1. The van der Waals surface area contributed by atoms with Crippen LogP contribution in [0.4, 0.5) is 0 Å². The largest absolute Gasteiger partial charge is 0.481 e. The van der Waals surface area contributed by atoms with Gasteiger partial charge in [0.05, 0.1) is 5.41 Å². The molecule has 1 rings (SSSR count). The minimum atomic E-state index is -0.765. The average molecular weight is 284 g/mol. The molecule has 0 aromatic heterocycles. The maximum Gasteiger partial charge on any atom is 0.311 e. The fourth-order valence-corrected chi connectivity index (χ4v) is 2.75. The van der Waals surface area contributed by atoms with E-state index in [1.807, 2.05) is 6.92 Å². The molecule has 1 unspecified atom stereocenters. The van der Waals surface area contributed by atoms with Crippen LogP contribution >= 0.6 is 0 Å². The number of amides is 1. The Morgan fingerprint density at radius 1 is 1.40 bits per heavy atom. The van der Waals surface area contributed by atoms with Crippen molar-refractivity contribution in [2.45, 2.75) is 58.9 Å². The standard InChI is InChI=1S/C15H28N2O3/c1-4-15(14(19)20)8-6-10-17(11-15)13(18)7-5-9-16-12(2)3/h12,16H,4-11H2,1-3H3,(H,19,20). The van der Waals surface area contributed by atoms with Crippen molar-refractivity contribution < 1.29 is 14.7 Å². The zero-order valence-electron chi connectivity index (χ0n) is 12.9. The van der Waals surface area contributed by atoms with Crippen molar-refractivity contribution in [1.82, 2.24) is 10.2 Å². The fourth-order valence-electron chi connectivity index (χ4n) is 2.75. The van der Waals surface area contributed by atoms with E-state index in [1.54, 1.807) is 4.90 Å². The normalized spacial score (nSPS) is 23.1. The van der Waals surface area contributed by atoms with Gasteiger partial charge in [0, 0.05) is 25.6 Å². The predicted octanol–water partition coefficient (Wildman–Crippen LogP) is 1.87. The smallest absolute Gasteiger partial charge is 0.311 e. The first kappa shape index (κ1) is 17.0. The van der Waals surface area contributed by atoms with Crippen LogP contribution < -0.4 is 5.32 Å². The van der Waals surface area contributed by atoms with E-state index >= 15 is 0 Å². The second kappa shape index (κ2) is 7.62. The summed E-state index contributed by atoms with van der Waals surface area (Å²) >= 11 is 0. The Morgan fingerprint density at radius 3 is 2.65 bits per heavy atom. The fraction of sp³-hybridized carbons (Fsp3) is 0.867. The number of hydrogen-bond donors (Lipinski definition) is 2. The Hall–Kier alpha value is -1.10. The summed E-state index contributed by atoms with van der Waals surface area (Å²) in [6.45, 7) is 7.95. The van der Waals surface area contributed by atoms with Crippen molar-refractivity contribution in [3.63, 3.8) is 0 Å². The molecule has 0 aromatic rings. The van der Waals surface area contributed by atoms with Crippen LogP contribution in [0, 0.1) is 5.41 Å². The molecule has 5 heteroatoms. The first-order valence-corrected chi connectivity index (χ1v) is 7.66. The van der Waals surface area contributed by atoms with Gasteiger partial charge in [0.15, 0.2) is 0 Å². The molecule has 20 heavy (non-hydrogen) atoms. The highest BCUT2D eigenvalue weighted by atomic mass is 16.4. The topological polar surface area (TPSA) is 69.6 Å². The number of carboxylic acids is 1. The molecule has 0 saturated carbocycles. The van der Waals surface area contributed by atoms with Crippen LogP contribution in [-0.2, 0) is 9.59 Å². The van der Waals surface area contributed by atoms with Crippen LogP contribution in [0.2, 0.25) is 0 Å². The van der Waals surface area contributed by atoms with E-state index in [-0.39, 0.29) is 5.91 Å². The number of rotatable bonds is 7. The lowest BCUT2D eigenvalue weighted by Crippen LogP contribution is -2.49. The van der Waals surface area contributed by atoms with E-state index in [1.165, 1.54) is 0 Å². The van der Waals surface area contributed by atoms with Crippen LogP contribution in [0.15, 0.2) is 0 Å². The molecule has 1 atom stereocenters. The van der Waals surface area contributed by atoms with Gasteiger partial charge in [-0.15, -0.1) is 0 Å². The highest BCUT2D eigenvalue weighted by molar-refractivity contribution is 5.79. The summed E-state index contributed by atoms with van der Waals surface area (Å²) in [7, 11) is 0. The molecule has 1 aliphatic heterocycles. The minimum absolute atomic E-state index is 0.0920. The third kappa shape index (κ3) is 4.47. The van der Waals surface area contributed by atoms with Gasteiger partial charge < -0.3 is 15.3 Å². The second-order valence-electron chi connectivity index (χ2n) is 6.07. The van der Waals surface area contributed by atoms with Crippen LogP contribution in [0.3, 0.4) is 0 Å². The lowest BCUT2D eigenvalue weighted by Gasteiger charge is -2.39. The molecule has 0 radical (unpaired) electrons. The van der Waals surface area contributed by atoms with Gasteiger partial charge in [0.25, 0.3) is 0 Å². The van der Waals surface area contributed by atoms with E-state index in [0.717, 1.165) is 19.4 Å². The van der Waals surface area contributed by atoms with Gasteiger partial charge in [0.2, 0.25) is 5.91 Å². The van der Waals surface area contributed by atoms with Crippen molar-refractivity contribution in [3.8, 4) is 0 Å². The Labute approximate surface area is 121 Å². The first-order chi connectivity index (χ1) is 9.41. The third-order valence-corrected chi connectivity index (χ3v) is 4.18. The van der Waals surface area contributed by atoms with E-state index < -0.39 is 11.4 Å². The number of nitrogens with one attached hydrogen (secondary N) is 1. The lowest BCUT2D eigenvalue weighted by atomic mass is 9.77. The molecule has 0 aliphatic carbocycles. The second-order valence-corrected chi connectivity index (χ2v) is 6.07. The molecule has 1 fully saturated rings. The average Bonchev–Trinajstić information content (AvgIpc) is 2.42. The molecule has 0 aromatic carbocycles. The van der Waals surface area contributed by atoms with Crippen molar-refractivity contribution in [2.24, 2.45) is 5.41 Å². The van der Waals surface area contributed by atoms with E-state index in [2.05, 4.69) is 19.2 Å². The van der Waals surface area contributed by atoms with Crippen molar-refractivity contribution in [1.29, 1.82) is 0 Å². The van der Waals surface area contributed by atoms with Crippen LogP contribution in [0.5, 0.6) is 0 Å². The summed E-state index contributed by atoms with van der Waals surface area (Å²) in [5, 5.41) is 12.7. The summed E-state index contributed by atoms with van der Waals surface area (Å²) in [5.41, 5.74) is -0.732. The number of piperidine rings is 1. The zero-order valence-corrected chi connectivity index (χ0v) is 12.9. The number of carbonyl (C=O) groups is 2. The van der Waals surface area contributed by atoms with Crippen molar-refractivity contribution in [2.75, 3.05) is 19.6 Å². The Bertz CT molecular complexity index is 344.